The quantitative estimate of drug-likeness (QED) is 0.381. The van der Waals surface area contributed by atoms with E-state index in [9.17, 15) is 22.8 Å². The highest BCUT2D eigenvalue weighted by Crippen LogP contribution is 2.31. The van der Waals surface area contributed by atoms with Crippen molar-refractivity contribution in [3.05, 3.63) is 22.1 Å². The second kappa shape index (κ2) is 10.7. The predicted octanol–water partition coefficient (Wildman–Crippen LogP) is 2.87. The third-order valence-corrected chi connectivity index (χ3v) is 5.47. The topological polar surface area (TPSA) is 103 Å². The maximum absolute atomic E-state index is 13.5. The molecule has 1 aromatic heterocycles. The molecular formula is C17H28F3N3O5Si. The summed E-state index contributed by atoms with van der Waals surface area (Å²) in [4.78, 5) is 22.7. The molecule has 0 fully saturated rings. The summed E-state index contributed by atoms with van der Waals surface area (Å²) < 4.78 is 51.5. The van der Waals surface area contributed by atoms with Crippen LogP contribution in [0.4, 0.5) is 18.9 Å². The van der Waals surface area contributed by atoms with Gasteiger partial charge in [-0.3, -0.25) is 9.59 Å². The molecule has 0 saturated carbocycles. The van der Waals surface area contributed by atoms with Gasteiger partial charge in [-0.1, -0.05) is 19.6 Å². The summed E-state index contributed by atoms with van der Waals surface area (Å²) in [5, 5.41) is 14.9. The van der Waals surface area contributed by atoms with Crippen LogP contribution >= 0.6 is 0 Å². The lowest BCUT2D eigenvalue weighted by atomic mass is 10.2. The Morgan fingerprint density at radius 3 is 2.52 bits per heavy atom. The van der Waals surface area contributed by atoms with Crippen molar-refractivity contribution in [1.82, 2.24) is 9.78 Å². The molecule has 0 saturated heterocycles. The molecule has 1 rings (SSSR count). The Morgan fingerprint density at radius 2 is 1.97 bits per heavy atom. The maximum atomic E-state index is 13.5. The monoisotopic (exact) mass is 439 g/mol. The summed E-state index contributed by atoms with van der Waals surface area (Å²) in [6.45, 7) is 7.83. The van der Waals surface area contributed by atoms with E-state index in [-0.39, 0.29) is 26.4 Å². The van der Waals surface area contributed by atoms with Crippen LogP contribution in [-0.2, 0) is 27.2 Å². The van der Waals surface area contributed by atoms with Crippen molar-refractivity contribution in [3.8, 4) is 0 Å². The average Bonchev–Trinajstić information content (AvgIpc) is 2.55. The van der Waals surface area contributed by atoms with Crippen molar-refractivity contribution in [2.75, 3.05) is 25.1 Å². The molecule has 0 unspecified atom stereocenters. The van der Waals surface area contributed by atoms with Crippen molar-refractivity contribution >= 4 is 19.7 Å². The summed E-state index contributed by atoms with van der Waals surface area (Å²) in [6.07, 6.45) is -4.16. The number of nitrogens with one attached hydrogen (secondary N) is 1. The molecule has 1 atom stereocenters. The molecular weight excluding hydrogens is 411 g/mol. The zero-order valence-corrected chi connectivity index (χ0v) is 18.0. The third-order valence-electron chi connectivity index (χ3n) is 3.77. The molecule has 12 heteroatoms. The number of alkyl halides is 3. The molecule has 0 radical (unpaired) electrons. The Balaban J connectivity index is 2.84. The smallest absolute Gasteiger partial charge is 0.423 e. The number of rotatable bonds is 12. The van der Waals surface area contributed by atoms with Gasteiger partial charge in [0, 0.05) is 20.7 Å². The van der Waals surface area contributed by atoms with E-state index in [1.165, 1.54) is 0 Å². The van der Waals surface area contributed by atoms with Crippen LogP contribution in [0.1, 0.15) is 18.9 Å². The molecule has 0 aliphatic heterocycles. The van der Waals surface area contributed by atoms with Crippen LogP contribution in [0.5, 0.6) is 0 Å². The number of hydrogen-bond acceptors (Lipinski definition) is 6. The molecule has 1 aromatic rings. The van der Waals surface area contributed by atoms with E-state index < -0.39 is 43.1 Å². The molecule has 29 heavy (non-hydrogen) atoms. The third kappa shape index (κ3) is 9.41. The van der Waals surface area contributed by atoms with Crippen LogP contribution in [0.15, 0.2) is 11.0 Å². The van der Waals surface area contributed by atoms with Gasteiger partial charge in [-0.2, -0.15) is 18.3 Å². The van der Waals surface area contributed by atoms with Crippen LogP contribution < -0.4 is 10.9 Å². The molecule has 1 heterocycles. The van der Waals surface area contributed by atoms with Gasteiger partial charge in [0.15, 0.2) is 0 Å². The Bertz CT molecular complexity index is 734. The van der Waals surface area contributed by atoms with Gasteiger partial charge in [0.2, 0.25) is 0 Å². The van der Waals surface area contributed by atoms with Crippen molar-refractivity contribution < 1.29 is 32.5 Å². The fourth-order valence-electron chi connectivity index (χ4n) is 2.22. The molecule has 166 valence electrons. The van der Waals surface area contributed by atoms with Crippen LogP contribution in [0, 0.1) is 0 Å². The van der Waals surface area contributed by atoms with E-state index in [4.69, 9.17) is 14.6 Å². The lowest BCUT2D eigenvalue weighted by Crippen LogP contribution is -2.34. The van der Waals surface area contributed by atoms with Gasteiger partial charge in [0.05, 0.1) is 31.5 Å². The molecule has 0 aliphatic carbocycles. The lowest BCUT2D eigenvalue weighted by Gasteiger charge is -2.20. The number of carbonyl (C=O) groups is 1. The van der Waals surface area contributed by atoms with Crippen molar-refractivity contribution in [2.24, 2.45) is 0 Å². The number of nitrogens with zero attached hydrogens (tertiary/aromatic N) is 2. The summed E-state index contributed by atoms with van der Waals surface area (Å²) in [5.74, 6) is -1.04. The molecule has 0 bridgehead atoms. The second-order valence-electron chi connectivity index (χ2n) is 7.85. The Labute approximate surface area is 168 Å². The Kier molecular flexibility index (Phi) is 9.30. The fraction of sp³-hybridized carbons (Fsp3) is 0.706. The Hall–Kier alpha value is -1.92. The van der Waals surface area contributed by atoms with E-state index >= 15 is 0 Å². The number of carboxylic acids is 1. The maximum Gasteiger partial charge on any atom is 0.423 e. The van der Waals surface area contributed by atoms with Crippen LogP contribution in [0.3, 0.4) is 0 Å². The number of anilines is 1. The van der Waals surface area contributed by atoms with E-state index in [1.807, 2.05) is 0 Å². The summed E-state index contributed by atoms with van der Waals surface area (Å²) in [5.41, 5.74) is -3.12. The molecule has 2 N–H and O–H groups in total. The first-order valence-electron chi connectivity index (χ1n) is 9.12. The minimum atomic E-state index is -4.88. The number of halogens is 3. The zero-order chi connectivity index (χ0) is 22.2. The molecule has 8 nitrogen and oxygen atoms in total. The average molecular weight is 440 g/mol. The highest BCUT2D eigenvalue weighted by atomic mass is 28.3. The summed E-state index contributed by atoms with van der Waals surface area (Å²) >= 11 is 0. The minimum Gasteiger partial charge on any atom is -0.481 e. The van der Waals surface area contributed by atoms with Crippen LogP contribution in [0.2, 0.25) is 25.7 Å². The number of aromatic nitrogens is 2. The molecule has 0 aromatic carbocycles. The first-order valence-corrected chi connectivity index (χ1v) is 12.8. The summed E-state index contributed by atoms with van der Waals surface area (Å²) in [6, 6.07) is 0.211. The SMILES string of the molecule is C[C@@H](COCCC(=O)O)Nc1cnn(COCC[Si](C)(C)C)c(=O)c1C(F)(F)F. The second-order valence-corrected chi connectivity index (χ2v) is 13.5. The van der Waals surface area contributed by atoms with E-state index in [0.29, 0.717) is 11.3 Å². The van der Waals surface area contributed by atoms with Crippen molar-refractivity contribution in [1.29, 1.82) is 0 Å². The number of ether oxygens (including phenoxy) is 2. The normalized spacial score (nSPS) is 13.3. The zero-order valence-electron chi connectivity index (χ0n) is 17.0. The van der Waals surface area contributed by atoms with Gasteiger partial charge in [-0.25, -0.2) is 4.68 Å². The van der Waals surface area contributed by atoms with Gasteiger partial charge >= 0.3 is 12.1 Å². The first kappa shape index (κ1) is 25.1. The number of aliphatic carboxylic acids is 1. The molecule has 0 aliphatic rings. The molecule has 0 spiro atoms. The highest BCUT2D eigenvalue weighted by Gasteiger charge is 2.38. The van der Waals surface area contributed by atoms with Crippen molar-refractivity contribution in [2.45, 2.75) is 58.0 Å². The lowest BCUT2D eigenvalue weighted by molar-refractivity contribution is -0.139. The predicted molar refractivity (Wildman–Crippen MR) is 104 cm³/mol. The van der Waals surface area contributed by atoms with Crippen molar-refractivity contribution in [3.63, 3.8) is 0 Å². The van der Waals surface area contributed by atoms with Gasteiger partial charge in [-0.05, 0) is 13.0 Å². The minimum absolute atomic E-state index is 0.0343. The Morgan fingerprint density at radius 1 is 1.31 bits per heavy atom. The number of hydrogen-bond donors (Lipinski definition) is 2. The largest absolute Gasteiger partial charge is 0.481 e. The van der Waals surface area contributed by atoms with Gasteiger partial charge in [0.1, 0.15) is 12.3 Å². The standard InChI is InChI=1S/C17H28F3N3O5Si/c1-12(10-27-6-5-14(24)25)22-13-9-21-23(11-28-7-8-29(2,3)4)16(26)15(13)17(18,19)20/h9,12,22H,5-8,10-11H2,1-4H3,(H,24,25)/t12-/m0/s1. The van der Waals surface area contributed by atoms with Gasteiger partial charge in [0.25, 0.3) is 5.56 Å². The molecule has 0 amide bonds. The number of carboxylic acid groups (broad SMARTS) is 1. The fourth-order valence-corrected chi connectivity index (χ4v) is 2.98. The van der Waals surface area contributed by atoms with Gasteiger partial charge in [-0.15, -0.1) is 0 Å². The summed E-state index contributed by atoms with van der Waals surface area (Å²) in [7, 11) is -1.36. The van der Waals surface area contributed by atoms with Gasteiger partial charge < -0.3 is 19.9 Å². The first-order chi connectivity index (χ1) is 13.3. The van der Waals surface area contributed by atoms with Crippen LogP contribution in [-0.4, -0.2) is 54.8 Å². The van der Waals surface area contributed by atoms with E-state index in [0.717, 1.165) is 12.2 Å². The highest BCUT2D eigenvalue weighted by molar-refractivity contribution is 6.76. The van der Waals surface area contributed by atoms with E-state index in [2.05, 4.69) is 30.1 Å². The van der Waals surface area contributed by atoms with E-state index in [1.54, 1.807) is 6.92 Å². The van der Waals surface area contributed by atoms with Crippen LogP contribution in [0.25, 0.3) is 0 Å².